The summed E-state index contributed by atoms with van der Waals surface area (Å²) in [7, 11) is 0. The molecule has 0 atom stereocenters. The SMILES string of the molecule is Cc1cc(C(F)(C(F)(F)F)C(F)(F)F)cc(OC(F)F)c1NC(=O)c1cccc(NC(=O)c2ccncc2)c1F. The van der Waals surface area contributed by atoms with Crippen LogP contribution in [0.3, 0.4) is 0 Å². The van der Waals surface area contributed by atoms with Gasteiger partial charge in [-0.2, -0.15) is 35.1 Å². The first-order valence-corrected chi connectivity index (χ1v) is 10.7. The number of halogens is 10. The molecule has 0 unspecified atom stereocenters. The topological polar surface area (TPSA) is 80.3 Å². The van der Waals surface area contributed by atoms with Crippen LogP contribution in [0, 0.1) is 12.7 Å². The van der Waals surface area contributed by atoms with E-state index in [1.54, 1.807) is 0 Å². The van der Waals surface area contributed by atoms with Gasteiger partial charge in [-0.3, -0.25) is 14.6 Å². The summed E-state index contributed by atoms with van der Waals surface area (Å²) < 4.78 is 139. The number of amides is 2. The van der Waals surface area contributed by atoms with Crippen molar-refractivity contribution in [3.05, 3.63) is 82.9 Å². The average molecular weight is 583 g/mol. The Bertz CT molecular complexity index is 1400. The van der Waals surface area contributed by atoms with Crippen molar-refractivity contribution in [1.29, 1.82) is 0 Å². The molecule has 0 saturated carbocycles. The second-order valence-corrected chi connectivity index (χ2v) is 8.01. The van der Waals surface area contributed by atoms with Gasteiger partial charge in [0.15, 0.2) is 5.82 Å². The summed E-state index contributed by atoms with van der Waals surface area (Å²) in [6.45, 7) is -3.06. The summed E-state index contributed by atoms with van der Waals surface area (Å²) in [5.74, 6) is -5.02. The number of carbonyl (C=O) groups excluding carboxylic acids is 2. The van der Waals surface area contributed by atoms with Crippen molar-refractivity contribution < 1.29 is 58.2 Å². The fourth-order valence-corrected chi connectivity index (χ4v) is 3.47. The Morgan fingerprint density at radius 1 is 0.875 bits per heavy atom. The summed E-state index contributed by atoms with van der Waals surface area (Å²) in [4.78, 5) is 28.8. The molecule has 40 heavy (non-hydrogen) atoms. The van der Waals surface area contributed by atoms with Crippen LogP contribution in [0.4, 0.5) is 55.3 Å². The lowest BCUT2D eigenvalue weighted by molar-refractivity contribution is -0.348. The lowest BCUT2D eigenvalue weighted by atomic mass is 9.92. The van der Waals surface area contributed by atoms with Crippen LogP contribution in [0.5, 0.6) is 5.75 Å². The summed E-state index contributed by atoms with van der Waals surface area (Å²) in [5, 5.41) is 4.05. The molecule has 3 rings (SSSR count). The lowest BCUT2D eigenvalue weighted by Crippen LogP contribution is -2.50. The van der Waals surface area contributed by atoms with Crippen LogP contribution in [0.15, 0.2) is 54.9 Å². The van der Waals surface area contributed by atoms with Gasteiger partial charge in [0, 0.05) is 23.5 Å². The Labute approximate surface area is 218 Å². The largest absolute Gasteiger partial charge is 0.435 e. The first-order valence-electron chi connectivity index (χ1n) is 10.7. The van der Waals surface area contributed by atoms with Crippen molar-refractivity contribution >= 4 is 23.2 Å². The van der Waals surface area contributed by atoms with Crippen LogP contribution >= 0.6 is 0 Å². The van der Waals surface area contributed by atoms with Gasteiger partial charge in [-0.15, -0.1) is 0 Å². The highest BCUT2D eigenvalue weighted by Gasteiger charge is 2.73. The van der Waals surface area contributed by atoms with Gasteiger partial charge in [-0.25, -0.2) is 8.78 Å². The summed E-state index contributed by atoms with van der Waals surface area (Å²) in [5.41, 5.74) is -11.1. The van der Waals surface area contributed by atoms with Crippen molar-refractivity contribution in [3.8, 4) is 5.75 Å². The van der Waals surface area contributed by atoms with E-state index < -0.39 is 76.1 Å². The normalized spacial score (nSPS) is 12.3. The molecule has 0 aliphatic carbocycles. The third-order valence-corrected chi connectivity index (χ3v) is 5.37. The van der Waals surface area contributed by atoms with Crippen LogP contribution in [-0.4, -0.2) is 35.8 Å². The number of nitrogens with zero attached hydrogens (tertiary/aromatic N) is 1. The van der Waals surface area contributed by atoms with E-state index in [0.717, 1.165) is 25.1 Å². The van der Waals surface area contributed by atoms with Gasteiger partial charge >= 0.3 is 24.6 Å². The van der Waals surface area contributed by atoms with Gasteiger partial charge in [-0.1, -0.05) is 6.07 Å². The zero-order chi connectivity index (χ0) is 30.0. The highest BCUT2D eigenvalue weighted by molar-refractivity contribution is 6.08. The van der Waals surface area contributed by atoms with E-state index in [-0.39, 0.29) is 17.7 Å². The van der Waals surface area contributed by atoms with E-state index in [0.29, 0.717) is 0 Å². The van der Waals surface area contributed by atoms with Gasteiger partial charge in [0.05, 0.1) is 16.9 Å². The molecule has 2 N–H and O–H groups in total. The molecule has 0 spiro atoms. The van der Waals surface area contributed by atoms with Crippen LogP contribution in [0.25, 0.3) is 0 Å². The molecule has 0 aliphatic rings. The Hall–Kier alpha value is -4.37. The number of hydrogen-bond donors (Lipinski definition) is 2. The van der Waals surface area contributed by atoms with Gasteiger partial charge in [-0.05, 0) is 48.9 Å². The zero-order valence-electron chi connectivity index (χ0n) is 19.7. The number of pyridine rings is 1. The fraction of sp³-hybridized carbons (Fsp3) is 0.208. The Morgan fingerprint density at radius 2 is 1.48 bits per heavy atom. The van der Waals surface area contributed by atoms with Crippen LogP contribution in [0.1, 0.15) is 31.8 Å². The van der Waals surface area contributed by atoms with E-state index in [4.69, 9.17) is 0 Å². The van der Waals surface area contributed by atoms with Crippen molar-refractivity contribution in [2.24, 2.45) is 0 Å². The monoisotopic (exact) mass is 583 g/mol. The molecule has 16 heteroatoms. The molecule has 2 amide bonds. The molecular formula is C24H15F10N3O3. The minimum Gasteiger partial charge on any atom is -0.433 e. The predicted octanol–water partition coefficient (Wildman–Crippen LogP) is 6.92. The molecule has 0 aliphatic heterocycles. The minimum atomic E-state index is -6.56. The number of ether oxygens (including phenoxy) is 1. The van der Waals surface area contributed by atoms with E-state index in [9.17, 15) is 49.1 Å². The molecule has 6 nitrogen and oxygen atoms in total. The molecule has 2 aromatic carbocycles. The van der Waals surface area contributed by atoms with Gasteiger partial charge in [0.2, 0.25) is 0 Å². The van der Waals surface area contributed by atoms with E-state index in [2.05, 4.69) is 15.0 Å². The van der Waals surface area contributed by atoms with Crippen molar-refractivity contribution in [2.45, 2.75) is 31.6 Å². The van der Waals surface area contributed by atoms with E-state index >= 15 is 4.39 Å². The van der Waals surface area contributed by atoms with Gasteiger partial charge in [0.1, 0.15) is 5.75 Å². The molecule has 3 aromatic rings. The Kier molecular flexibility index (Phi) is 8.31. The van der Waals surface area contributed by atoms with Crippen LogP contribution in [-0.2, 0) is 5.67 Å². The average Bonchev–Trinajstić information content (AvgIpc) is 2.85. The number of carbonyl (C=O) groups is 2. The number of rotatable bonds is 7. The standard InChI is InChI=1S/C24H15F10N3O3/c1-11-9-13(22(28,23(29,30)31)24(32,33)34)10-16(40-21(26)27)18(11)37-20(39)14-3-2-4-15(17(14)25)36-19(38)12-5-7-35-8-6-12/h2-10,21H,1H3,(H,36,38)(H,37,39). The number of aromatic nitrogens is 1. The molecule has 1 heterocycles. The number of benzene rings is 2. The summed E-state index contributed by atoms with van der Waals surface area (Å²) in [6, 6.07) is 5.37. The van der Waals surface area contributed by atoms with E-state index in [1.807, 2.05) is 5.32 Å². The molecule has 0 saturated heterocycles. The quantitative estimate of drug-likeness (QED) is 0.296. The number of nitrogens with one attached hydrogen (secondary N) is 2. The molecule has 0 bridgehead atoms. The molecule has 1 aromatic heterocycles. The van der Waals surface area contributed by atoms with Crippen LogP contribution < -0.4 is 15.4 Å². The second-order valence-electron chi connectivity index (χ2n) is 8.01. The van der Waals surface area contributed by atoms with Crippen LogP contribution in [0.2, 0.25) is 0 Å². The molecule has 214 valence electrons. The van der Waals surface area contributed by atoms with Gasteiger partial charge < -0.3 is 15.4 Å². The summed E-state index contributed by atoms with van der Waals surface area (Å²) >= 11 is 0. The lowest BCUT2D eigenvalue weighted by Gasteiger charge is -2.31. The number of alkyl halides is 9. The van der Waals surface area contributed by atoms with Crippen molar-refractivity contribution in [2.75, 3.05) is 10.6 Å². The number of aryl methyl sites for hydroxylation is 1. The Balaban J connectivity index is 2.02. The molecule has 0 fully saturated rings. The summed E-state index contributed by atoms with van der Waals surface area (Å²) in [6.07, 6.45) is -10.6. The predicted molar refractivity (Wildman–Crippen MR) is 119 cm³/mol. The molecular weight excluding hydrogens is 568 g/mol. The highest BCUT2D eigenvalue weighted by atomic mass is 19.4. The van der Waals surface area contributed by atoms with Gasteiger partial charge in [0.25, 0.3) is 11.8 Å². The fourth-order valence-electron chi connectivity index (χ4n) is 3.47. The number of anilines is 2. The minimum absolute atomic E-state index is 0.0244. The highest BCUT2D eigenvalue weighted by Crippen LogP contribution is 2.54. The maximum atomic E-state index is 15.1. The maximum Gasteiger partial charge on any atom is 0.435 e. The third kappa shape index (κ3) is 5.94. The Morgan fingerprint density at radius 3 is 2.02 bits per heavy atom. The van der Waals surface area contributed by atoms with Crippen molar-refractivity contribution in [1.82, 2.24) is 4.98 Å². The molecule has 0 radical (unpaired) electrons. The van der Waals surface area contributed by atoms with E-state index in [1.165, 1.54) is 24.5 Å². The third-order valence-electron chi connectivity index (χ3n) is 5.37. The second kappa shape index (κ2) is 11.0. The number of hydrogen-bond acceptors (Lipinski definition) is 4. The first kappa shape index (κ1) is 30.2. The maximum absolute atomic E-state index is 15.1. The first-order chi connectivity index (χ1) is 18.5. The van der Waals surface area contributed by atoms with Crippen molar-refractivity contribution in [3.63, 3.8) is 0 Å². The zero-order valence-corrected chi connectivity index (χ0v) is 19.7. The smallest absolute Gasteiger partial charge is 0.433 e.